The highest BCUT2D eigenvalue weighted by Crippen LogP contribution is 2.36. The standard InChI is InChI=1S/C20H20N2O5.C5H8O/c1-13(23)27-21-19(24)11-18(14-7-9-16(26-2)10-8-14)22-12-15-5-3-4-6-17(15)20(22)25;1-2-5-3-4(1)6-5/h3-10,18H,11-12H2,1-2H3,(H,21,24);4-5H,1-3H2. The van der Waals surface area contributed by atoms with Gasteiger partial charge in [-0.15, -0.1) is 0 Å². The second kappa shape index (κ2) is 10.0. The fourth-order valence-corrected chi connectivity index (χ4v) is 4.41. The molecule has 3 unspecified atom stereocenters. The molecule has 3 heterocycles. The number of carbonyl (C=O) groups is 3. The van der Waals surface area contributed by atoms with Crippen molar-refractivity contribution in [2.45, 2.75) is 57.4 Å². The lowest BCUT2D eigenvalue weighted by molar-refractivity contribution is -0.156. The molecule has 0 spiro atoms. The van der Waals surface area contributed by atoms with E-state index < -0.39 is 17.9 Å². The van der Waals surface area contributed by atoms with E-state index in [1.807, 2.05) is 30.3 Å². The topological polar surface area (TPSA) is 94.2 Å². The summed E-state index contributed by atoms with van der Waals surface area (Å²) in [5.41, 5.74) is 4.45. The molecule has 2 aromatic rings. The number of nitrogens with zero attached hydrogens (tertiary/aromatic N) is 1. The van der Waals surface area contributed by atoms with Gasteiger partial charge in [-0.1, -0.05) is 30.3 Å². The van der Waals surface area contributed by atoms with E-state index in [4.69, 9.17) is 9.47 Å². The predicted octanol–water partition coefficient (Wildman–Crippen LogP) is 3.31. The Bertz CT molecular complexity index is 1000. The third-order valence-electron chi connectivity index (χ3n) is 6.13. The number of rotatable bonds is 5. The molecule has 2 aromatic carbocycles. The molecule has 33 heavy (non-hydrogen) atoms. The lowest BCUT2D eigenvalue weighted by Gasteiger charge is -2.28. The summed E-state index contributed by atoms with van der Waals surface area (Å²) < 4.78 is 10.4. The van der Waals surface area contributed by atoms with Crippen molar-refractivity contribution in [3.8, 4) is 5.75 Å². The number of hydrogen-bond acceptors (Lipinski definition) is 6. The van der Waals surface area contributed by atoms with E-state index in [9.17, 15) is 14.4 Å². The highest BCUT2D eigenvalue weighted by atomic mass is 16.7. The zero-order chi connectivity index (χ0) is 23.4. The summed E-state index contributed by atoms with van der Waals surface area (Å²) in [7, 11) is 1.57. The second-order valence-corrected chi connectivity index (χ2v) is 8.40. The van der Waals surface area contributed by atoms with Gasteiger partial charge in [-0.2, -0.15) is 5.48 Å². The Kier molecular flexibility index (Phi) is 6.93. The van der Waals surface area contributed by atoms with Gasteiger partial charge in [0, 0.05) is 19.0 Å². The van der Waals surface area contributed by atoms with Crippen LogP contribution in [0.15, 0.2) is 48.5 Å². The van der Waals surface area contributed by atoms with E-state index in [1.54, 1.807) is 30.2 Å². The predicted molar refractivity (Wildman–Crippen MR) is 119 cm³/mol. The van der Waals surface area contributed by atoms with E-state index in [0.29, 0.717) is 30.1 Å². The normalized spacial score (nSPS) is 20.7. The summed E-state index contributed by atoms with van der Waals surface area (Å²) in [5, 5.41) is 0. The van der Waals surface area contributed by atoms with Crippen LogP contribution >= 0.6 is 0 Å². The summed E-state index contributed by atoms with van der Waals surface area (Å²) >= 11 is 0. The van der Waals surface area contributed by atoms with Crippen LogP contribution in [0.4, 0.5) is 0 Å². The van der Waals surface area contributed by atoms with Gasteiger partial charge in [0.05, 0.1) is 31.8 Å². The Labute approximate surface area is 192 Å². The fourth-order valence-electron chi connectivity index (χ4n) is 4.41. The van der Waals surface area contributed by atoms with Gasteiger partial charge < -0.3 is 19.2 Å². The average molecular weight is 453 g/mol. The SMILES string of the molecule is C1CC2CC1O2.COc1ccc(C(CC(=O)NOC(C)=O)N2Cc3ccccc3C2=O)cc1. The molecule has 174 valence electrons. The summed E-state index contributed by atoms with van der Waals surface area (Å²) in [6.07, 6.45) is 5.37. The molecular formula is C25H28N2O6. The smallest absolute Gasteiger partial charge is 0.329 e. The first-order chi connectivity index (χ1) is 15.9. The van der Waals surface area contributed by atoms with Gasteiger partial charge in [0.2, 0.25) is 0 Å². The maximum absolute atomic E-state index is 12.9. The van der Waals surface area contributed by atoms with Crippen LogP contribution < -0.4 is 10.2 Å². The van der Waals surface area contributed by atoms with Crippen molar-refractivity contribution in [2.75, 3.05) is 7.11 Å². The second-order valence-electron chi connectivity index (χ2n) is 8.40. The number of benzene rings is 2. The van der Waals surface area contributed by atoms with E-state index in [1.165, 1.54) is 26.2 Å². The van der Waals surface area contributed by atoms with Crippen LogP contribution in [-0.4, -0.2) is 42.0 Å². The molecule has 4 aliphatic rings. The van der Waals surface area contributed by atoms with Gasteiger partial charge in [-0.05, 0) is 48.6 Å². The van der Waals surface area contributed by atoms with Crippen LogP contribution in [0.2, 0.25) is 0 Å². The highest BCUT2D eigenvalue weighted by molar-refractivity contribution is 5.98. The van der Waals surface area contributed by atoms with Crippen LogP contribution in [0.5, 0.6) is 5.75 Å². The molecule has 1 saturated carbocycles. The number of hydrogen-bond donors (Lipinski definition) is 1. The maximum atomic E-state index is 12.9. The molecule has 8 nitrogen and oxygen atoms in total. The minimum Gasteiger partial charge on any atom is -0.497 e. The Hall–Kier alpha value is -3.39. The Morgan fingerprint density at radius 2 is 1.79 bits per heavy atom. The van der Waals surface area contributed by atoms with E-state index >= 15 is 0 Å². The van der Waals surface area contributed by atoms with Crippen LogP contribution in [0.25, 0.3) is 0 Å². The summed E-state index contributed by atoms with van der Waals surface area (Å²) in [6, 6.07) is 14.1. The molecule has 1 aliphatic carbocycles. The van der Waals surface area contributed by atoms with Crippen molar-refractivity contribution in [3.05, 3.63) is 65.2 Å². The van der Waals surface area contributed by atoms with Crippen LogP contribution in [-0.2, 0) is 25.7 Å². The van der Waals surface area contributed by atoms with Gasteiger partial charge in [0.25, 0.3) is 11.8 Å². The number of methoxy groups -OCH3 is 1. The Morgan fingerprint density at radius 3 is 2.33 bits per heavy atom. The molecular weight excluding hydrogens is 424 g/mol. The zero-order valence-corrected chi connectivity index (χ0v) is 18.8. The van der Waals surface area contributed by atoms with Crippen molar-refractivity contribution in [1.29, 1.82) is 0 Å². The molecule has 2 amide bonds. The quantitative estimate of drug-likeness (QED) is 0.700. The number of fused-ring (bicyclic) bond motifs is 2. The molecule has 1 N–H and O–H groups in total. The van der Waals surface area contributed by atoms with Gasteiger partial charge in [-0.25, -0.2) is 0 Å². The molecule has 3 atom stereocenters. The third-order valence-corrected chi connectivity index (χ3v) is 6.13. The van der Waals surface area contributed by atoms with Crippen LogP contribution in [0.1, 0.15) is 60.1 Å². The minimum atomic E-state index is -0.617. The molecule has 0 radical (unpaired) electrons. The van der Waals surface area contributed by atoms with Gasteiger partial charge >= 0.3 is 5.97 Å². The summed E-state index contributed by atoms with van der Waals surface area (Å²) in [5.74, 6) is -0.562. The first-order valence-electron chi connectivity index (χ1n) is 11.1. The van der Waals surface area contributed by atoms with Crippen molar-refractivity contribution in [1.82, 2.24) is 10.4 Å². The minimum absolute atomic E-state index is 0.0423. The van der Waals surface area contributed by atoms with Crippen LogP contribution in [0, 0.1) is 0 Å². The molecule has 8 heteroatoms. The zero-order valence-electron chi connectivity index (χ0n) is 18.8. The van der Waals surface area contributed by atoms with Crippen molar-refractivity contribution >= 4 is 17.8 Å². The first-order valence-corrected chi connectivity index (χ1v) is 11.1. The highest BCUT2D eigenvalue weighted by Gasteiger charge is 2.37. The average Bonchev–Trinajstić information content (AvgIpc) is 3.54. The number of ether oxygens (including phenoxy) is 2. The van der Waals surface area contributed by atoms with Gasteiger partial charge in [0.1, 0.15) is 5.75 Å². The molecule has 6 rings (SSSR count). The Balaban J connectivity index is 0.000000367. The van der Waals surface area contributed by atoms with Crippen LogP contribution in [0.3, 0.4) is 0 Å². The summed E-state index contributed by atoms with van der Waals surface area (Å²) in [4.78, 5) is 42.2. The van der Waals surface area contributed by atoms with E-state index in [0.717, 1.165) is 11.1 Å². The summed E-state index contributed by atoms with van der Waals surface area (Å²) in [6.45, 7) is 1.61. The van der Waals surface area contributed by atoms with E-state index in [2.05, 4.69) is 10.3 Å². The molecule has 3 fully saturated rings. The molecule has 2 saturated heterocycles. The lowest BCUT2D eigenvalue weighted by atomic mass is 10.0. The first kappa shape index (κ1) is 22.8. The van der Waals surface area contributed by atoms with Crippen molar-refractivity contribution < 1.29 is 28.7 Å². The van der Waals surface area contributed by atoms with Gasteiger partial charge in [0.15, 0.2) is 0 Å². The monoisotopic (exact) mass is 452 g/mol. The molecule has 0 aromatic heterocycles. The number of amides is 2. The largest absolute Gasteiger partial charge is 0.497 e. The van der Waals surface area contributed by atoms with Gasteiger partial charge in [-0.3, -0.25) is 14.4 Å². The van der Waals surface area contributed by atoms with Crippen molar-refractivity contribution in [3.63, 3.8) is 0 Å². The third kappa shape index (κ3) is 5.34. The van der Waals surface area contributed by atoms with Crippen molar-refractivity contribution in [2.24, 2.45) is 0 Å². The lowest BCUT2D eigenvalue weighted by Crippen LogP contribution is -2.34. The fraction of sp³-hybridized carbons (Fsp3) is 0.400. The number of hydroxylamine groups is 1. The number of nitrogens with one attached hydrogen (secondary N) is 1. The molecule has 2 bridgehead atoms. The number of carbonyl (C=O) groups excluding carboxylic acids is 3. The maximum Gasteiger partial charge on any atom is 0.329 e. The Morgan fingerprint density at radius 1 is 1.12 bits per heavy atom. The molecule has 3 aliphatic heterocycles. The van der Waals surface area contributed by atoms with E-state index in [-0.39, 0.29) is 12.3 Å².